The predicted octanol–water partition coefficient (Wildman–Crippen LogP) is 2.18. The normalized spacial score (nSPS) is 17.5. The van der Waals surface area contributed by atoms with Gasteiger partial charge in [0.15, 0.2) is 0 Å². The van der Waals surface area contributed by atoms with Crippen molar-refractivity contribution in [2.45, 2.75) is 6.04 Å². The molecule has 1 aliphatic rings. The van der Waals surface area contributed by atoms with Crippen LogP contribution in [0.1, 0.15) is 0 Å². The van der Waals surface area contributed by atoms with Gasteiger partial charge < -0.3 is 19.5 Å². The molecule has 17 heavy (non-hydrogen) atoms. The maximum atomic E-state index is 6.05. The number of ether oxygens (including phenoxy) is 3. The minimum atomic E-state index is 0.155. The van der Waals surface area contributed by atoms with Gasteiger partial charge in [-0.3, -0.25) is 0 Å². The van der Waals surface area contributed by atoms with Crippen LogP contribution in [0.2, 0.25) is 5.02 Å². The smallest absolute Gasteiger partial charge is 0.137 e. The standard InChI is InChI=1S/C12H16ClNO3/c1-15-12-3-2-9(6-11(12)13)14-10-7-16-4-5-17-8-10/h2-3,6,10,14H,4-5,7-8H2,1H3. The molecule has 2 rings (SSSR count). The molecule has 1 aliphatic heterocycles. The van der Waals surface area contributed by atoms with Gasteiger partial charge in [-0.1, -0.05) is 11.6 Å². The van der Waals surface area contributed by atoms with Crippen molar-refractivity contribution in [1.29, 1.82) is 0 Å². The second-order valence-corrected chi connectivity index (χ2v) is 4.25. The lowest BCUT2D eigenvalue weighted by molar-refractivity contribution is 0.103. The average Bonchev–Trinajstić information content (AvgIpc) is 2.58. The van der Waals surface area contributed by atoms with E-state index in [4.69, 9.17) is 25.8 Å². The van der Waals surface area contributed by atoms with Crippen LogP contribution in [0.5, 0.6) is 5.75 Å². The molecule has 5 heteroatoms. The van der Waals surface area contributed by atoms with Crippen LogP contribution in [-0.2, 0) is 9.47 Å². The molecule has 0 spiro atoms. The summed E-state index contributed by atoms with van der Waals surface area (Å²) in [7, 11) is 1.60. The SMILES string of the molecule is COc1ccc(NC2COCCOC2)cc1Cl. The Morgan fingerprint density at radius 1 is 1.29 bits per heavy atom. The lowest BCUT2D eigenvalue weighted by Crippen LogP contribution is -2.28. The zero-order chi connectivity index (χ0) is 12.1. The van der Waals surface area contributed by atoms with E-state index in [1.165, 1.54) is 0 Å². The van der Waals surface area contributed by atoms with E-state index >= 15 is 0 Å². The van der Waals surface area contributed by atoms with Crippen molar-refractivity contribution >= 4 is 17.3 Å². The number of nitrogens with one attached hydrogen (secondary N) is 1. The first-order valence-corrected chi connectivity index (χ1v) is 5.93. The van der Waals surface area contributed by atoms with Crippen molar-refractivity contribution in [3.8, 4) is 5.75 Å². The minimum Gasteiger partial charge on any atom is -0.495 e. The van der Waals surface area contributed by atoms with Crippen LogP contribution in [0.15, 0.2) is 18.2 Å². The highest BCUT2D eigenvalue weighted by molar-refractivity contribution is 6.32. The van der Waals surface area contributed by atoms with Crippen molar-refractivity contribution in [2.75, 3.05) is 38.9 Å². The zero-order valence-corrected chi connectivity index (χ0v) is 10.5. The number of hydrogen-bond donors (Lipinski definition) is 1. The largest absolute Gasteiger partial charge is 0.495 e. The van der Waals surface area contributed by atoms with Crippen LogP contribution in [0.3, 0.4) is 0 Å². The van der Waals surface area contributed by atoms with Crippen molar-refractivity contribution in [2.24, 2.45) is 0 Å². The number of methoxy groups -OCH3 is 1. The van der Waals surface area contributed by atoms with E-state index in [1.54, 1.807) is 7.11 Å². The molecule has 0 bridgehead atoms. The molecule has 1 aromatic rings. The molecule has 0 atom stereocenters. The van der Waals surface area contributed by atoms with Gasteiger partial charge in [0.2, 0.25) is 0 Å². The third-order valence-corrected chi connectivity index (χ3v) is 2.83. The maximum absolute atomic E-state index is 6.05. The van der Waals surface area contributed by atoms with E-state index in [0.717, 1.165) is 5.69 Å². The van der Waals surface area contributed by atoms with E-state index in [-0.39, 0.29) is 6.04 Å². The molecule has 0 unspecified atom stereocenters. The molecule has 1 heterocycles. The van der Waals surface area contributed by atoms with E-state index in [0.29, 0.717) is 37.2 Å². The third kappa shape index (κ3) is 3.49. The van der Waals surface area contributed by atoms with Crippen molar-refractivity contribution in [3.05, 3.63) is 23.2 Å². The monoisotopic (exact) mass is 257 g/mol. The Kier molecular flexibility index (Phi) is 4.48. The van der Waals surface area contributed by atoms with Gasteiger partial charge >= 0.3 is 0 Å². The second kappa shape index (κ2) is 6.10. The van der Waals surface area contributed by atoms with Gasteiger partial charge in [-0.25, -0.2) is 0 Å². The molecule has 94 valence electrons. The van der Waals surface area contributed by atoms with E-state index < -0.39 is 0 Å². The van der Waals surface area contributed by atoms with Gasteiger partial charge in [-0.15, -0.1) is 0 Å². The van der Waals surface area contributed by atoms with Gasteiger partial charge in [-0.05, 0) is 18.2 Å². The van der Waals surface area contributed by atoms with Gasteiger partial charge in [0, 0.05) is 5.69 Å². The number of halogens is 1. The Hall–Kier alpha value is -0.970. The predicted molar refractivity (Wildman–Crippen MR) is 67.1 cm³/mol. The first kappa shape index (κ1) is 12.5. The van der Waals surface area contributed by atoms with E-state index in [2.05, 4.69) is 5.32 Å². The fourth-order valence-corrected chi connectivity index (χ4v) is 1.95. The fourth-order valence-electron chi connectivity index (χ4n) is 1.69. The number of rotatable bonds is 3. The Morgan fingerprint density at radius 3 is 2.59 bits per heavy atom. The lowest BCUT2D eigenvalue weighted by Gasteiger charge is -2.17. The van der Waals surface area contributed by atoms with E-state index in [9.17, 15) is 0 Å². The van der Waals surface area contributed by atoms with Crippen LogP contribution in [0, 0.1) is 0 Å². The lowest BCUT2D eigenvalue weighted by atomic mass is 10.2. The van der Waals surface area contributed by atoms with Gasteiger partial charge in [0.25, 0.3) is 0 Å². The van der Waals surface area contributed by atoms with Crippen LogP contribution >= 0.6 is 11.6 Å². The molecule has 1 saturated heterocycles. The van der Waals surface area contributed by atoms with Crippen molar-refractivity contribution in [3.63, 3.8) is 0 Å². The molecular weight excluding hydrogens is 242 g/mol. The van der Waals surface area contributed by atoms with Crippen molar-refractivity contribution in [1.82, 2.24) is 0 Å². The number of benzene rings is 1. The Balaban J connectivity index is 1.99. The highest BCUT2D eigenvalue weighted by Gasteiger charge is 2.13. The molecule has 1 aromatic carbocycles. The molecule has 1 N–H and O–H groups in total. The van der Waals surface area contributed by atoms with Crippen LogP contribution in [0.25, 0.3) is 0 Å². The molecule has 0 amide bonds. The maximum Gasteiger partial charge on any atom is 0.137 e. The summed E-state index contributed by atoms with van der Waals surface area (Å²) in [6, 6.07) is 5.76. The molecule has 4 nitrogen and oxygen atoms in total. The highest BCUT2D eigenvalue weighted by Crippen LogP contribution is 2.27. The van der Waals surface area contributed by atoms with Crippen LogP contribution in [-0.4, -0.2) is 39.6 Å². The summed E-state index contributed by atoms with van der Waals surface area (Å²) in [6.07, 6.45) is 0. The third-order valence-electron chi connectivity index (χ3n) is 2.53. The number of anilines is 1. The summed E-state index contributed by atoms with van der Waals surface area (Å²) in [4.78, 5) is 0. The molecular formula is C12H16ClNO3. The van der Waals surface area contributed by atoms with Gasteiger partial charge in [-0.2, -0.15) is 0 Å². The Labute approximate surface area is 106 Å². The molecule has 0 aliphatic carbocycles. The van der Waals surface area contributed by atoms with Gasteiger partial charge in [0.1, 0.15) is 5.75 Å². The van der Waals surface area contributed by atoms with Crippen molar-refractivity contribution < 1.29 is 14.2 Å². The van der Waals surface area contributed by atoms with Gasteiger partial charge in [0.05, 0.1) is 44.6 Å². The summed E-state index contributed by atoms with van der Waals surface area (Å²) < 4.78 is 15.9. The summed E-state index contributed by atoms with van der Waals surface area (Å²) in [6.45, 7) is 2.59. The highest BCUT2D eigenvalue weighted by atomic mass is 35.5. The Morgan fingerprint density at radius 2 is 2.00 bits per heavy atom. The quantitative estimate of drug-likeness (QED) is 0.901. The average molecular weight is 258 g/mol. The van der Waals surface area contributed by atoms with E-state index in [1.807, 2.05) is 18.2 Å². The molecule has 0 saturated carbocycles. The molecule has 0 aromatic heterocycles. The Bertz CT molecular complexity index is 365. The minimum absolute atomic E-state index is 0.155. The molecule has 0 radical (unpaired) electrons. The topological polar surface area (TPSA) is 39.7 Å². The zero-order valence-electron chi connectivity index (χ0n) is 9.74. The second-order valence-electron chi connectivity index (χ2n) is 3.84. The summed E-state index contributed by atoms with van der Waals surface area (Å²) in [5.74, 6) is 0.672. The summed E-state index contributed by atoms with van der Waals surface area (Å²) in [5, 5.41) is 3.91. The summed E-state index contributed by atoms with van der Waals surface area (Å²) >= 11 is 6.05. The molecule has 1 fully saturated rings. The number of hydrogen-bond acceptors (Lipinski definition) is 4. The summed E-state index contributed by atoms with van der Waals surface area (Å²) in [5.41, 5.74) is 0.940. The van der Waals surface area contributed by atoms with Crippen LogP contribution in [0.4, 0.5) is 5.69 Å². The fraction of sp³-hybridized carbons (Fsp3) is 0.500. The first-order valence-electron chi connectivity index (χ1n) is 5.55. The van der Waals surface area contributed by atoms with Crippen LogP contribution < -0.4 is 10.1 Å². The first-order chi connectivity index (χ1) is 8.29.